The summed E-state index contributed by atoms with van der Waals surface area (Å²) in [4.78, 5) is 0.992. The molecule has 0 radical (unpaired) electrons. The van der Waals surface area contributed by atoms with Gasteiger partial charge in [-0.1, -0.05) is 96.7 Å². The van der Waals surface area contributed by atoms with Gasteiger partial charge in [0.2, 0.25) is 0 Å². The summed E-state index contributed by atoms with van der Waals surface area (Å²) in [5, 5.41) is 11.4. The van der Waals surface area contributed by atoms with Crippen molar-refractivity contribution in [2.24, 2.45) is 0 Å². The molecule has 2 aliphatic heterocycles. The van der Waals surface area contributed by atoms with Crippen molar-refractivity contribution in [1.82, 2.24) is 0 Å². The van der Waals surface area contributed by atoms with E-state index in [1.165, 1.54) is 11.8 Å². The SMILES string of the molecule is C=C[C@@]12COC(c3ccccc3)O[C@H]1[C@H](OCc1ccccc1)[C@@H](O)[C@H](Sc1ccccc1)O2. The van der Waals surface area contributed by atoms with Crippen LogP contribution in [-0.2, 0) is 25.6 Å². The van der Waals surface area contributed by atoms with Crippen LogP contribution in [0.5, 0.6) is 0 Å². The molecule has 0 saturated carbocycles. The predicted octanol–water partition coefficient (Wildman–Crippen LogP) is 5.12. The molecule has 0 aliphatic carbocycles. The monoisotopic (exact) mass is 476 g/mol. The third-order valence-electron chi connectivity index (χ3n) is 6.16. The molecule has 6 heteroatoms. The van der Waals surface area contributed by atoms with Gasteiger partial charge in [-0.05, 0) is 17.7 Å². The third-order valence-corrected chi connectivity index (χ3v) is 7.31. The topological polar surface area (TPSA) is 57.2 Å². The first kappa shape index (κ1) is 23.3. The van der Waals surface area contributed by atoms with Crippen LogP contribution in [0, 0.1) is 0 Å². The summed E-state index contributed by atoms with van der Waals surface area (Å²) in [7, 11) is 0. The summed E-state index contributed by atoms with van der Waals surface area (Å²) in [5.74, 6) is 0. The number of rotatable bonds is 7. The Kier molecular flexibility index (Phi) is 7.15. The van der Waals surface area contributed by atoms with Gasteiger partial charge in [-0.3, -0.25) is 0 Å². The van der Waals surface area contributed by atoms with Crippen molar-refractivity contribution >= 4 is 11.8 Å². The van der Waals surface area contributed by atoms with Gasteiger partial charge in [0.15, 0.2) is 6.29 Å². The fraction of sp³-hybridized carbons (Fsp3) is 0.286. The molecule has 5 rings (SSSR count). The molecule has 0 aromatic heterocycles. The highest BCUT2D eigenvalue weighted by Gasteiger charge is 2.58. The fourth-order valence-electron chi connectivity index (χ4n) is 4.34. The first-order chi connectivity index (χ1) is 16.7. The normalized spacial score (nSPS) is 30.9. The fourth-order valence-corrected chi connectivity index (χ4v) is 5.44. The van der Waals surface area contributed by atoms with E-state index in [0.717, 1.165) is 16.0 Å². The average Bonchev–Trinajstić information content (AvgIpc) is 2.90. The molecule has 2 fully saturated rings. The van der Waals surface area contributed by atoms with E-state index in [1.807, 2.05) is 91.0 Å². The highest BCUT2D eigenvalue weighted by Crippen LogP contribution is 2.45. The average molecular weight is 477 g/mol. The van der Waals surface area contributed by atoms with Gasteiger partial charge in [0.1, 0.15) is 29.3 Å². The van der Waals surface area contributed by atoms with Gasteiger partial charge in [-0.25, -0.2) is 0 Å². The lowest BCUT2D eigenvalue weighted by Gasteiger charge is -2.53. The zero-order valence-electron chi connectivity index (χ0n) is 18.7. The molecule has 3 aromatic carbocycles. The molecule has 5 nitrogen and oxygen atoms in total. The van der Waals surface area contributed by atoms with Crippen molar-refractivity contribution in [1.29, 1.82) is 0 Å². The largest absolute Gasteiger partial charge is 0.387 e. The van der Waals surface area contributed by atoms with Crippen molar-refractivity contribution in [3.8, 4) is 0 Å². The lowest BCUT2D eigenvalue weighted by Crippen LogP contribution is -2.68. The molecular weight excluding hydrogens is 448 g/mol. The van der Waals surface area contributed by atoms with Gasteiger partial charge in [0.25, 0.3) is 0 Å². The summed E-state index contributed by atoms with van der Waals surface area (Å²) in [5.41, 5.74) is 0.373. The highest BCUT2D eigenvalue weighted by atomic mass is 32.2. The maximum absolute atomic E-state index is 11.4. The molecule has 2 heterocycles. The van der Waals surface area contributed by atoms with Crippen molar-refractivity contribution in [2.45, 2.75) is 47.1 Å². The Bertz CT molecular complexity index is 1060. The predicted molar refractivity (Wildman–Crippen MR) is 131 cm³/mol. The summed E-state index contributed by atoms with van der Waals surface area (Å²) < 4.78 is 25.4. The molecule has 0 spiro atoms. The Balaban J connectivity index is 1.44. The Morgan fingerprint density at radius 3 is 2.29 bits per heavy atom. The molecule has 2 aliphatic rings. The zero-order valence-corrected chi connectivity index (χ0v) is 19.6. The first-order valence-corrected chi connectivity index (χ1v) is 12.3. The minimum atomic E-state index is -0.960. The van der Waals surface area contributed by atoms with E-state index in [4.69, 9.17) is 18.9 Å². The maximum Gasteiger partial charge on any atom is 0.184 e. The van der Waals surface area contributed by atoms with Crippen LogP contribution in [0.25, 0.3) is 0 Å². The number of aliphatic hydroxyl groups excluding tert-OH is 1. The summed E-state index contributed by atoms with van der Waals surface area (Å²) in [6.45, 7) is 4.63. The number of fused-ring (bicyclic) bond motifs is 1. The van der Waals surface area contributed by atoms with Crippen LogP contribution in [-0.4, -0.2) is 41.1 Å². The van der Waals surface area contributed by atoms with Crippen LogP contribution in [0.3, 0.4) is 0 Å². The van der Waals surface area contributed by atoms with Crippen LogP contribution >= 0.6 is 11.8 Å². The number of aliphatic hydroxyl groups is 1. The van der Waals surface area contributed by atoms with Crippen molar-refractivity contribution in [3.63, 3.8) is 0 Å². The Morgan fingerprint density at radius 2 is 1.62 bits per heavy atom. The van der Waals surface area contributed by atoms with E-state index in [1.54, 1.807) is 6.08 Å². The van der Waals surface area contributed by atoms with Crippen molar-refractivity contribution in [2.75, 3.05) is 6.61 Å². The van der Waals surface area contributed by atoms with Crippen LogP contribution in [0.1, 0.15) is 17.4 Å². The number of thioether (sulfide) groups is 1. The molecule has 1 N–H and O–H groups in total. The zero-order chi connectivity index (χ0) is 23.4. The second-order valence-electron chi connectivity index (χ2n) is 8.44. The molecule has 176 valence electrons. The number of hydrogen-bond donors (Lipinski definition) is 1. The van der Waals surface area contributed by atoms with Gasteiger partial charge in [0, 0.05) is 10.5 Å². The van der Waals surface area contributed by atoms with E-state index in [0.29, 0.717) is 6.61 Å². The lowest BCUT2D eigenvalue weighted by atomic mass is 9.86. The number of ether oxygens (including phenoxy) is 4. The second-order valence-corrected chi connectivity index (χ2v) is 9.61. The number of benzene rings is 3. The lowest BCUT2D eigenvalue weighted by molar-refractivity contribution is -0.348. The standard InChI is InChI=1S/C28H28O5S/c1-2-28-19-31-26(21-14-8-4-9-15-21)32-25(28)24(30-18-20-12-6-3-7-13-20)23(29)27(33-28)34-22-16-10-5-11-17-22/h2-17,23-27,29H,1,18-19H2/t23-,24-,25+,26?,27+,28-/m1/s1. The molecule has 34 heavy (non-hydrogen) atoms. The van der Waals surface area contributed by atoms with E-state index in [2.05, 4.69) is 6.58 Å². The molecule has 0 bridgehead atoms. The van der Waals surface area contributed by atoms with E-state index in [9.17, 15) is 5.11 Å². The van der Waals surface area contributed by atoms with Crippen LogP contribution in [0.15, 0.2) is 109 Å². The molecule has 2 saturated heterocycles. The summed E-state index contributed by atoms with van der Waals surface area (Å²) in [6, 6.07) is 29.5. The van der Waals surface area contributed by atoms with Gasteiger partial charge >= 0.3 is 0 Å². The van der Waals surface area contributed by atoms with Crippen LogP contribution in [0.2, 0.25) is 0 Å². The van der Waals surface area contributed by atoms with E-state index in [-0.39, 0.29) is 6.61 Å². The molecule has 6 atom stereocenters. The van der Waals surface area contributed by atoms with Crippen molar-refractivity contribution < 1.29 is 24.1 Å². The smallest absolute Gasteiger partial charge is 0.184 e. The first-order valence-electron chi connectivity index (χ1n) is 11.4. The van der Waals surface area contributed by atoms with Crippen LogP contribution in [0.4, 0.5) is 0 Å². The Hall–Kier alpha value is -2.45. The Labute approximate surface area is 204 Å². The summed E-state index contributed by atoms with van der Waals surface area (Å²) in [6.07, 6.45) is -1.04. The minimum Gasteiger partial charge on any atom is -0.387 e. The second kappa shape index (κ2) is 10.4. The molecule has 3 aromatic rings. The summed E-state index contributed by atoms with van der Waals surface area (Å²) >= 11 is 1.45. The molecular formula is C28H28O5S. The van der Waals surface area contributed by atoms with Gasteiger partial charge in [-0.2, -0.15) is 0 Å². The molecule has 0 amide bonds. The van der Waals surface area contributed by atoms with Gasteiger partial charge in [-0.15, -0.1) is 6.58 Å². The minimum absolute atomic E-state index is 0.241. The quantitative estimate of drug-likeness (QED) is 0.478. The van der Waals surface area contributed by atoms with E-state index < -0.39 is 35.6 Å². The molecule has 1 unspecified atom stereocenters. The van der Waals surface area contributed by atoms with Gasteiger partial charge < -0.3 is 24.1 Å². The maximum atomic E-state index is 11.4. The highest BCUT2D eigenvalue weighted by molar-refractivity contribution is 7.99. The van der Waals surface area contributed by atoms with E-state index >= 15 is 0 Å². The van der Waals surface area contributed by atoms with Crippen molar-refractivity contribution in [3.05, 3.63) is 115 Å². The number of hydrogen-bond acceptors (Lipinski definition) is 6. The Morgan fingerprint density at radius 1 is 0.971 bits per heavy atom. The van der Waals surface area contributed by atoms with Gasteiger partial charge in [0.05, 0.1) is 13.2 Å². The third kappa shape index (κ3) is 4.84. The van der Waals surface area contributed by atoms with Crippen LogP contribution < -0.4 is 0 Å².